The van der Waals surface area contributed by atoms with E-state index in [0.29, 0.717) is 11.3 Å². The first kappa shape index (κ1) is 12.6. The molecule has 0 aliphatic rings. The van der Waals surface area contributed by atoms with Gasteiger partial charge in [-0.3, -0.25) is 4.79 Å². The summed E-state index contributed by atoms with van der Waals surface area (Å²) in [6.45, 7) is 7.48. The van der Waals surface area contributed by atoms with E-state index in [0.717, 1.165) is 18.8 Å². The minimum Gasteiger partial charge on any atom is -0.496 e. The van der Waals surface area contributed by atoms with Crippen LogP contribution in [0.15, 0.2) is 18.2 Å². The van der Waals surface area contributed by atoms with Crippen molar-refractivity contribution in [3.8, 4) is 5.75 Å². The SMILES string of the molecule is CCN(CC)c1cccc(OC)c1C(C)=O. The number of Topliss-reactive ketones (excluding diaryl/α,β-unsaturated/α-hetero) is 1. The molecule has 0 fully saturated rings. The molecule has 3 heteroatoms. The Hall–Kier alpha value is -1.51. The van der Waals surface area contributed by atoms with E-state index in [1.807, 2.05) is 18.2 Å². The van der Waals surface area contributed by atoms with Crippen LogP contribution >= 0.6 is 0 Å². The highest BCUT2D eigenvalue weighted by Gasteiger charge is 2.16. The van der Waals surface area contributed by atoms with Crippen LogP contribution in [0.1, 0.15) is 31.1 Å². The van der Waals surface area contributed by atoms with Gasteiger partial charge in [0.05, 0.1) is 18.4 Å². The highest BCUT2D eigenvalue weighted by molar-refractivity contribution is 6.02. The third-order valence-corrected chi connectivity index (χ3v) is 2.68. The fourth-order valence-corrected chi connectivity index (χ4v) is 1.87. The molecule has 0 aromatic heterocycles. The van der Waals surface area contributed by atoms with E-state index in [1.54, 1.807) is 14.0 Å². The molecule has 0 atom stereocenters. The van der Waals surface area contributed by atoms with Crippen molar-refractivity contribution >= 4 is 11.5 Å². The van der Waals surface area contributed by atoms with Crippen molar-refractivity contribution in [2.45, 2.75) is 20.8 Å². The number of hydrogen-bond acceptors (Lipinski definition) is 3. The van der Waals surface area contributed by atoms with E-state index in [9.17, 15) is 4.79 Å². The van der Waals surface area contributed by atoms with Gasteiger partial charge < -0.3 is 9.64 Å². The average Bonchev–Trinajstić information content (AvgIpc) is 2.30. The monoisotopic (exact) mass is 221 g/mol. The van der Waals surface area contributed by atoms with Crippen LogP contribution in [0.2, 0.25) is 0 Å². The van der Waals surface area contributed by atoms with Crippen molar-refractivity contribution in [2.24, 2.45) is 0 Å². The summed E-state index contributed by atoms with van der Waals surface area (Å²) >= 11 is 0. The normalized spacial score (nSPS) is 10.0. The average molecular weight is 221 g/mol. The van der Waals surface area contributed by atoms with Gasteiger partial charge in [-0.1, -0.05) is 6.07 Å². The number of benzene rings is 1. The van der Waals surface area contributed by atoms with Crippen LogP contribution in [0.4, 0.5) is 5.69 Å². The van der Waals surface area contributed by atoms with Gasteiger partial charge in [0.15, 0.2) is 5.78 Å². The van der Waals surface area contributed by atoms with Gasteiger partial charge in [-0.15, -0.1) is 0 Å². The Morgan fingerprint density at radius 1 is 1.31 bits per heavy atom. The lowest BCUT2D eigenvalue weighted by Crippen LogP contribution is -2.24. The molecule has 1 aromatic carbocycles. The number of carbonyl (C=O) groups is 1. The third-order valence-electron chi connectivity index (χ3n) is 2.68. The number of carbonyl (C=O) groups excluding carboxylic acids is 1. The van der Waals surface area contributed by atoms with Gasteiger partial charge in [0, 0.05) is 13.1 Å². The van der Waals surface area contributed by atoms with Crippen LogP contribution in [-0.2, 0) is 0 Å². The maximum Gasteiger partial charge on any atom is 0.165 e. The highest BCUT2D eigenvalue weighted by atomic mass is 16.5. The molecule has 0 aliphatic carbocycles. The molecule has 1 aromatic rings. The van der Waals surface area contributed by atoms with Crippen LogP contribution < -0.4 is 9.64 Å². The lowest BCUT2D eigenvalue weighted by Gasteiger charge is -2.24. The first-order valence-corrected chi connectivity index (χ1v) is 5.58. The van der Waals surface area contributed by atoms with Gasteiger partial charge >= 0.3 is 0 Å². The second kappa shape index (κ2) is 5.54. The van der Waals surface area contributed by atoms with Crippen LogP contribution in [-0.4, -0.2) is 26.0 Å². The molecular formula is C13H19NO2. The van der Waals surface area contributed by atoms with E-state index < -0.39 is 0 Å². The molecule has 0 spiro atoms. The fraction of sp³-hybridized carbons (Fsp3) is 0.462. The summed E-state index contributed by atoms with van der Waals surface area (Å²) in [6, 6.07) is 5.70. The molecule has 0 heterocycles. The van der Waals surface area contributed by atoms with Gasteiger partial charge in [-0.05, 0) is 32.9 Å². The number of hydrogen-bond donors (Lipinski definition) is 0. The molecule has 0 radical (unpaired) electrons. The molecular weight excluding hydrogens is 202 g/mol. The van der Waals surface area contributed by atoms with Gasteiger partial charge in [0.1, 0.15) is 5.75 Å². The summed E-state index contributed by atoms with van der Waals surface area (Å²) in [5, 5.41) is 0. The molecule has 0 saturated heterocycles. The van der Waals surface area contributed by atoms with Crippen LogP contribution in [0.3, 0.4) is 0 Å². The molecule has 16 heavy (non-hydrogen) atoms. The van der Waals surface area contributed by atoms with E-state index in [4.69, 9.17) is 4.74 Å². The number of rotatable bonds is 5. The Morgan fingerprint density at radius 2 is 1.94 bits per heavy atom. The van der Waals surface area contributed by atoms with Crippen LogP contribution in [0, 0.1) is 0 Å². The molecule has 3 nitrogen and oxygen atoms in total. The van der Waals surface area contributed by atoms with Gasteiger partial charge in [0.25, 0.3) is 0 Å². The summed E-state index contributed by atoms with van der Waals surface area (Å²) in [7, 11) is 1.59. The van der Waals surface area contributed by atoms with Crippen LogP contribution in [0.25, 0.3) is 0 Å². The number of ketones is 1. The third kappa shape index (κ3) is 2.35. The van der Waals surface area contributed by atoms with Crippen molar-refractivity contribution in [3.05, 3.63) is 23.8 Å². The second-order valence-electron chi connectivity index (χ2n) is 3.58. The molecule has 0 bridgehead atoms. The predicted molar refractivity (Wildman–Crippen MR) is 66.6 cm³/mol. The van der Waals surface area contributed by atoms with Crippen molar-refractivity contribution < 1.29 is 9.53 Å². The number of anilines is 1. The summed E-state index contributed by atoms with van der Waals surface area (Å²) in [5.41, 5.74) is 1.63. The smallest absolute Gasteiger partial charge is 0.165 e. The Morgan fingerprint density at radius 3 is 2.38 bits per heavy atom. The summed E-state index contributed by atoms with van der Waals surface area (Å²) in [6.07, 6.45) is 0. The van der Waals surface area contributed by atoms with Crippen molar-refractivity contribution in [1.29, 1.82) is 0 Å². The largest absolute Gasteiger partial charge is 0.496 e. The maximum absolute atomic E-state index is 11.7. The maximum atomic E-state index is 11.7. The number of ether oxygens (including phenoxy) is 1. The fourth-order valence-electron chi connectivity index (χ4n) is 1.87. The van der Waals surface area contributed by atoms with Crippen molar-refractivity contribution in [2.75, 3.05) is 25.1 Å². The minimum absolute atomic E-state index is 0.0411. The molecule has 0 aliphatic heterocycles. The van der Waals surface area contributed by atoms with Crippen molar-refractivity contribution in [3.63, 3.8) is 0 Å². The van der Waals surface area contributed by atoms with Gasteiger partial charge in [-0.2, -0.15) is 0 Å². The standard InChI is InChI=1S/C13H19NO2/c1-5-14(6-2)11-8-7-9-12(16-4)13(11)10(3)15/h7-9H,5-6H2,1-4H3. The molecule has 0 amide bonds. The Bertz CT molecular complexity index is 370. The van der Waals surface area contributed by atoms with Gasteiger partial charge in [-0.25, -0.2) is 0 Å². The molecule has 88 valence electrons. The minimum atomic E-state index is 0.0411. The van der Waals surface area contributed by atoms with E-state index >= 15 is 0 Å². The molecule has 0 N–H and O–H groups in total. The Balaban J connectivity index is 3.31. The summed E-state index contributed by atoms with van der Waals surface area (Å²) in [4.78, 5) is 13.8. The molecule has 0 saturated carbocycles. The zero-order valence-electron chi connectivity index (χ0n) is 10.4. The van der Waals surface area contributed by atoms with Crippen LogP contribution in [0.5, 0.6) is 5.75 Å². The van der Waals surface area contributed by atoms with E-state index in [2.05, 4.69) is 18.7 Å². The first-order chi connectivity index (χ1) is 7.65. The summed E-state index contributed by atoms with van der Waals surface area (Å²) in [5.74, 6) is 0.691. The zero-order valence-corrected chi connectivity index (χ0v) is 10.4. The number of methoxy groups -OCH3 is 1. The lowest BCUT2D eigenvalue weighted by molar-refractivity contribution is 0.101. The van der Waals surface area contributed by atoms with E-state index in [-0.39, 0.29) is 5.78 Å². The zero-order chi connectivity index (χ0) is 12.1. The topological polar surface area (TPSA) is 29.5 Å². The molecule has 1 rings (SSSR count). The second-order valence-corrected chi connectivity index (χ2v) is 3.58. The number of nitrogens with zero attached hydrogens (tertiary/aromatic N) is 1. The Labute approximate surface area is 97.0 Å². The lowest BCUT2D eigenvalue weighted by atomic mass is 10.1. The van der Waals surface area contributed by atoms with Crippen molar-refractivity contribution in [1.82, 2.24) is 0 Å². The quantitative estimate of drug-likeness (QED) is 0.716. The van der Waals surface area contributed by atoms with E-state index in [1.165, 1.54) is 0 Å². The highest BCUT2D eigenvalue weighted by Crippen LogP contribution is 2.29. The van der Waals surface area contributed by atoms with Gasteiger partial charge in [0.2, 0.25) is 0 Å². The summed E-state index contributed by atoms with van der Waals surface area (Å²) < 4.78 is 5.24. The first-order valence-electron chi connectivity index (χ1n) is 5.58. The molecule has 0 unspecified atom stereocenters. The predicted octanol–water partition coefficient (Wildman–Crippen LogP) is 2.74. The Kier molecular flexibility index (Phi) is 4.35.